The van der Waals surface area contributed by atoms with Gasteiger partial charge < -0.3 is 14.0 Å². The summed E-state index contributed by atoms with van der Waals surface area (Å²) < 4.78 is 11.9. The van der Waals surface area contributed by atoms with Crippen LogP contribution in [0.2, 0.25) is 5.02 Å². The van der Waals surface area contributed by atoms with Gasteiger partial charge in [-0.1, -0.05) is 17.7 Å². The van der Waals surface area contributed by atoms with E-state index in [0.29, 0.717) is 16.1 Å². The zero-order valence-electron chi connectivity index (χ0n) is 15.7. The fourth-order valence-electron chi connectivity index (χ4n) is 2.51. The molecule has 1 aromatic carbocycles. The lowest BCUT2D eigenvalue weighted by Crippen LogP contribution is -2.24. The summed E-state index contributed by atoms with van der Waals surface area (Å²) in [5, 5.41) is 10.6. The first-order valence-electron chi connectivity index (χ1n) is 8.43. The largest absolute Gasteiger partial charge is 0.465 e. The van der Waals surface area contributed by atoms with Crippen LogP contribution in [0, 0.1) is 11.3 Å². The van der Waals surface area contributed by atoms with Crippen molar-refractivity contribution >= 4 is 40.5 Å². The van der Waals surface area contributed by atoms with E-state index in [0.717, 1.165) is 5.39 Å². The van der Waals surface area contributed by atoms with Crippen molar-refractivity contribution in [3.05, 3.63) is 40.6 Å². The highest BCUT2D eigenvalue weighted by atomic mass is 35.5. The molecular formula is C20H21ClN2O4. The van der Waals surface area contributed by atoms with Crippen molar-refractivity contribution in [3.63, 3.8) is 0 Å². The molecule has 2 aromatic rings. The molecule has 0 radical (unpaired) electrons. The molecule has 0 unspecified atom stereocenters. The molecule has 0 amide bonds. The normalized spacial score (nSPS) is 11.9. The number of hydrogen-bond donors (Lipinski definition) is 0. The van der Waals surface area contributed by atoms with Gasteiger partial charge in [-0.15, -0.1) is 0 Å². The minimum Gasteiger partial charge on any atom is -0.465 e. The molecule has 0 atom stereocenters. The van der Waals surface area contributed by atoms with Gasteiger partial charge in [-0.3, -0.25) is 4.79 Å². The van der Waals surface area contributed by atoms with E-state index in [1.165, 1.54) is 6.08 Å². The highest BCUT2D eigenvalue weighted by molar-refractivity contribution is 6.31. The molecular weight excluding hydrogens is 368 g/mol. The number of carbonyl (C=O) groups is 2. The standard InChI is InChI=1S/C20H21ClN2O4/c1-5-26-18(24)12-23-11-14(16-7-6-15(21)9-17(16)23)8-13(10-22)19(25)27-20(2,3)4/h6-9,11H,5,12H2,1-4H3/b13-8+. The Kier molecular flexibility index (Phi) is 6.29. The number of nitriles is 1. The zero-order valence-corrected chi connectivity index (χ0v) is 16.5. The number of ether oxygens (including phenoxy) is 2. The Labute approximate surface area is 162 Å². The molecule has 0 aliphatic heterocycles. The van der Waals surface area contributed by atoms with Crippen molar-refractivity contribution in [3.8, 4) is 6.07 Å². The van der Waals surface area contributed by atoms with Gasteiger partial charge in [0, 0.05) is 22.2 Å². The number of nitrogens with zero attached hydrogens (tertiary/aromatic N) is 2. The quantitative estimate of drug-likeness (QED) is 0.437. The second-order valence-electron chi connectivity index (χ2n) is 6.85. The molecule has 0 aliphatic carbocycles. The lowest BCUT2D eigenvalue weighted by atomic mass is 10.1. The van der Waals surface area contributed by atoms with Gasteiger partial charge >= 0.3 is 11.9 Å². The second-order valence-corrected chi connectivity index (χ2v) is 7.29. The molecule has 0 saturated heterocycles. The van der Waals surface area contributed by atoms with Gasteiger partial charge in [0.2, 0.25) is 0 Å². The summed E-state index contributed by atoms with van der Waals surface area (Å²) in [7, 11) is 0. The van der Waals surface area contributed by atoms with Gasteiger partial charge in [-0.25, -0.2) is 4.79 Å². The molecule has 0 bridgehead atoms. The number of benzene rings is 1. The third-order valence-electron chi connectivity index (χ3n) is 3.52. The smallest absolute Gasteiger partial charge is 0.349 e. The number of fused-ring (bicyclic) bond motifs is 1. The SMILES string of the molecule is CCOC(=O)Cn1cc(/C=C(\C#N)C(=O)OC(C)(C)C)c2ccc(Cl)cc21. The minimum absolute atomic E-state index is 0.00710. The van der Waals surface area contributed by atoms with Crippen LogP contribution in [0.25, 0.3) is 17.0 Å². The second kappa shape index (κ2) is 8.28. The van der Waals surface area contributed by atoms with Gasteiger partial charge in [0.15, 0.2) is 0 Å². The van der Waals surface area contributed by atoms with Crippen molar-refractivity contribution < 1.29 is 19.1 Å². The predicted octanol–water partition coefficient (Wildman–Crippen LogP) is 4.11. The number of hydrogen-bond acceptors (Lipinski definition) is 5. The summed E-state index contributed by atoms with van der Waals surface area (Å²) in [6.07, 6.45) is 3.13. The molecule has 0 spiro atoms. The fourth-order valence-corrected chi connectivity index (χ4v) is 2.68. The Morgan fingerprint density at radius 2 is 2.04 bits per heavy atom. The maximum absolute atomic E-state index is 12.2. The van der Waals surface area contributed by atoms with E-state index in [9.17, 15) is 14.9 Å². The number of halogens is 1. The van der Waals surface area contributed by atoms with E-state index in [2.05, 4.69) is 0 Å². The molecule has 1 heterocycles. The van der Waals surface area contributed by atoms with Crippen LogP contribution in [0.4, 0.5) is 0 Å². The Morgan fingerprint density at radius 3 is 2.63 bits per heavy atom. The Morgan fingerprint density at radius 1 is 1.33 bits per heavy atom. The molecule has 7 heteroatoms. The lowest BCUT2D eigenvalue weighted by Gasteiger charge is -2.18. The first-order valence-corrected chi connectivity index (χ1v) is 8.81. The Hall–Kier alpha value is -2.78. The van der Waals surface area contributed by atoms with Crippen LogP contribution in [0.1, 0.15) is 33.3 Å². The number of rotatable bonds is 5. The molecule has 0 fully saturated rings. The first-order chi connectivity index (χ1) is 12.6. The van der Waals surface area contributed by atoms with Crippen LogP contribution in [0.15, 0.2) is 30.0 Å². The first kappa shape index (κ1) is 20.5. The summed E-state index contributed by atoms with van der Waals surface area (Å²) in [6, 6.07) is 7.07. The van der Waals surface area contributed by atoms with Crippen LogP contribution < -0.4 is 0 Å². The van der Waals surface area contributed by atoms with Crippen LogP contribution in [-0.2, 0) is 25.6 Å². The third-order valence-corrected chi connectivity index (χ3v) is 3.75. The molecule has 27 heavy (non-hydrogen) atoms. The lowest BCUT2D eigenvalue weighted by molar-refractivity contribution is -0.149. The van der Waals surface area contributed by atoms with Crippen molar-refractivity contribution in [1.29, 1.82) is 5.26 Å². The summed E-state index contributed by atoms with van der Waals surface area (Å²) in [5.74, 6) is -1.09. The molecule has 0 N–H and O–H groups in total. The zero-order chi connectivity index (χ0) is 20.2. The van der Waals surface area contributed by atoms with Gasteiger partial charge in [0.05, 0.1) is 12.1 Å². The predicted molar refractivity (Wildman–Crippen MR) is 103 cm³/mol. The Bertz CT molecular complexity index is 945. The van der Waals surface area contributed by atoms with E-state index in [-0.39, 0.29) is 18.7 Å². The third kappa shape index (κ3) is 5.35. The fraction of sp³-hybridized carbons (Fsp3) is 0.350. The minimum atomic E-state index is -0.710. The van der Waals surface area contributed by atoms with E-state index in [1.54, 1.807) is 56.7 Å². The van der Waals surface area contributed by atoms with E-state index >= 15 is 0 Å². The van der Waals surface area contributed by atoms with Crippen LogP contribution >= 0.6 is 11.6 Å². The van der Waals surface area contributed by atoms with Crippen LogP contribution in [0.3, 0.4) is 0 Å². The van der Waals surface area contributed by atoms with Gasteiger partial charge in [-0.2, -0.15) is 5.26 Å². The van der Waals surface area contributed by atoms with Crippen LogP contribution in [0.5, 0.6) is 0 Å². The summed E-state index contributed by atoms with van der Waals surface area (Å²) in [6.45, 7) is 7.19. The number of aromatic nitrogens is 1. The van der Waals surface area contributed by atoms with Gasteiger partial charge in [0.1, 0.15) is 23.8 Å². The summed E-state index contributed by atoms with van der Waals surface area (Å²) in [5.41, 5.74) is 0.463. The number of esters is 2. The maximum atomic E-state index is 12.2. The molecule has 0 aliphatic rings. The number of carbonyl (C=O) groups excluding carboxylic acids is 2. The Balaban J connectivity index is 2.50. The molecule has 2 rings (SSSR count). The monoisotopic (exact) mass is 388 g/mol. The average Bonchev–Trinajstić information content (AvgIpc) is 2.87. The highest BCUT2D eigenvalue weighted by Gasteiger charge is 2.21. The maximum Gasteiger partial charge on any atom is 0.349 e. The van der Waals surface area contributed by atoms with Crippen molar-refractivity contribution in [2.45, 2.75) is 39.8 Å². The average molecular weight is 389 g/mol. The van der Waals surface area contributed by atoms with E-state index in [1.807, 2.05) is 6.07 Å². The van der Waals surface area contributed by atoms with Gasteiger partial charge in [0.25, 0.3) is 0 Å². The molecule has 142 valence electrons. The summed E-state index contributed by atoms with van der Waals surface area (Å²) >= 11 is 6.08. The summed E-state index contributed by atoms with van der Waals surface area (Å²) in [4.78, 5) is 24.1. The molecule has 0 saturated carbocycles. The molecule has 6 nitrogen and oxygen atoms in total. The van der Waals surface area contributed by atoms with E-state index < -0.39 is 17.5 Å². The van der Waals surface area contributed by atoms with Crippen LogP contribution in [-0.4, -0.2) is 28.7 Å². The van der Waals surface area contributed by atoms with Crippen molar-refractivity contribution in [1.82, 2.24) is 4.57 Å². The van der Waals surface area contributed by atoms with Crippen molar-refractivity contribution in [2.24, 2.45) is 0 Å². The van der Waals surface area contributed by atoms with Crippen molar-refractivity contribution in [2.75, 3.05) is 6.61 Å². The highest BCUT2D eigenvalue weighted by Crippen LogP contribution is 2.27. The van der Waals surface area contributed by atoms with E-state index in [4.69, 9.17) is 21.1 Å². The molecule has 1 aromatic heterocycles. The topological polar surface area (TPSA) is 81.3 Å². The van der Waals surface area contributed by atoms with Gasteiger partial charge in [-0.05, 0) is 45.9 Å².